The van der Waals surface area contributed by atoms with Crippen LogP contribution in [0.4, 0.5) is 0 Å². The number of aromatic hydroxyl groups is 1. The minimum Gasteiger partial charge on any atom is -0.507 e. The average molecular weight is 340 g/mol. The molecular weight excluding hydrogens is 316 g/mol. The Morgan fingerprint density at radius 3 is 2.44 bits per heavy atom. The van der Waals surface area contributed by atoms with Crippen LogP contribution in [-0.4, -0.2) is 18.2 Å². The average Bonchev–Trinajstić information content (AvgIpc) is 2.67. The summed E-state index contributed by atoms with van der Waals surface area (Å²) in [7, 11) is 1.28. The number of rotatable bonds is 5. The van der Waals surface area contributed by atoms with Gasteiger partial charge in [-0.25, -0.2) is 4.79 Å². The maximum Gasteiger partial charge on any atom is 0.341 e. The fourth-order valence-electron chi connectivity index (χ4n) is 3.37. The standard InChI is InChI=1S/C21H24O4/c1-24-21(23)19-12-11-18(13-20(19)22)25-14-15-7-9-17(10-8-15)16-5-3-2-4-6-16/h7-13,16,22H,2-6,14H2,1H3. The molecule has 0 saturated heterocycles. The molecule has 0 bridgehead atoms. The monoisotopic (exact) mass is 340 g/mol. The van der Waals surface area contributed by atoms with Crippen LogP contribution in [0.5, 0.6) is 11.5 Å². The molecule has 0 aliphatic heterocycles. The second-order valence-electron chi connectivity index (χ2n) is 6.54. The Labute approximate surface area is 148 Å². The Morgan fingerprint density at radius 2 is 1.80 bits per heavy atom. The minimum absolute atomic E-state index is 0.131. The molecule has 0 amide bonds. The number of esters is 1. The van der Waals surface area contributed by atoms with Crippen LogP contribution in [0.25, 0.3) is 0 Å². The number of benzene rings is 2. The third kappa shape index (κ3) is 4.32. The highest BCUT2D eigenvalue weighted by molar-refractivity contribution is 5.92. The van der Waals surface area contributed by atoms with Crippen LogP contribution in [0.15, 0.2) is 42.5 Å². The smallest absolute Gasteiger partial charge is 0.341 e. The minimum atomic E-state index is -0.567. The van der Waals surface area contributed by atoms with Crippen LogP contribution in [0.2, 0.25) is 0 Å². The summed E-state index contributed by atoms with van der Waals surface area (Å²) in [6.07, 6.45) is 6.62. The number of phenols is 1. The van der Waals surface area contributed by atoms with Crippen molar-refractivity contribution in [1.82, 2.24) is 0 Å². The summed E-state index contributed by atoms with van der Waals surface area (Å²) in [5, 5.41) is 9.89. The molecule has 1 aliphatic rings. The van der Waals surface area contributed by atoms with E-state index in [4.69, 9.17) is 4.74 Å². The van der Waals surface area contributed by atoms with Gasteiger partial charge < -0.3 is 14.6 Å². The Kier molecular flexibility index (Phi) is 5.59. The van der Waals surface area contributed by atoms with Gasteiger partial charge in [-0.3, -0.25) is 0 Å². The molecule has 1 N–H and O–H groups in total. The molecule has 1 saturated carbocycles. The highest BCUT2D eigenvalue weighted by Crippen LogP contribution is 2.32. The second-order valence-corrected chi connectivity index (χ2v) is 6.54. The molecule has 132 valence electrons. The summed E-state index contributed by atoms with van der Waals surface area (Å²) >= 11 is 0. The first-order valence-corrected chi connectivity index (χ1v) is 8.80. The zero-order chi connectivity index (χ0) is 17.6. The van der Waals surface area contributed by atoms with Gasteiger partial charge in [0.05, 0.1) is 7.11 Å². The number of hydrogen-bond donors (Lipinski definition) is 1. The Balaban J connectivity index is 1.59. The van der Waals surface area contributed by atoms with E-state index < -0.39 is 5.97 Å². The van der Waals surface area contributed by atoms with E-state index in [9.17, 15) is 9.90 Å². The number of carbonyl (C=O) groups excluding carboxylic acids is 1. The summed E-state index contributed by atoms with van der Waals surface area (Å²) in [5.74, 6) is 0.507. The molecule has 1 fully saturated rings. The van der Waals surface area contributed by atoms with Gasteiger partial charge in [0.25, 0.3) is 0 Å². The van der Waals surface area contributed by atoms with Crippen molar-refractivity contribution >= 4 is 5.97 Å². The first-order valence-electron chi connectivity index (χ1n) is 8.80. The molecule has 0 unspecified atom stereocenters. The lowest BCUT2D eigenvalue weighted by Crippen LogP contribution is -2.05. The van der Waals surface area contributed by atoms with Crippen molar-refractivity contribution in [3.05, 3.63) is 59.2 Å². The van der Waals surface area contributed by atoms with Crippen LogP contribution in [0.3, 0.4) is 0 Å². The van der Waals surface area contributed by atoms with E-state index in [1.165, 1.54) is 56.9 Å². The first kappa shape index (κ1) is 17.3. The molecule has 2 aromatic rings. The van der Waals surface area contributed by atoms with Gasteiger partial charge in [0.1, 0.15) is 23.7 Å². The maximum absolute atomic E-state index is 11.5. The summed E-state index contributed by atoms with van der Waals surface area (Å²) < 4.78 is 10.3. The predicted octanol–water partition coefficient (Wildman–Crippen LogP) is 4.81. The zero-order valence-electron chi connectivity index (χ0n) is 14.5. The molecule has 2 aromatic carbocycles. The molecule has 1 aliphatic carbocycles. The van der Waals surface area contributed by atoms with Gasteiger partial charge in [0.15, 0.2) is 0 Å². The fraction of sp³-hybridized carbons (Fsp3) is 0.381. The quantitative estimate of drug-likeness (QED) is 0.794. The normalized spacial score (nSPS) is 14.9. The van der Waals surface area contributed by atoms with Crippen molar-refractivity contribution in [2.75, 3.05) is 7.11 Å². The Hall–Kier alpha value is -2.49. The van der Waals surface area contributed by atoms with E-state index in [1.54, 1.807) is 6.07 Å². The molecule has 0 aromatic heterocycles. The van der Waals surface area contributed by atoms with E-state index in [2.05, 4.69) is 29.0 Å². The molecule has 0 spiro atoms. The van der Waals surface area contributed by atoms with Crippen LogP contribution in [0.1, 0.15) is 59.5 Å². The second kappa shape index (κ2) is 8.06. The molecule has 0 radical (unpaired) electrons. The lowest BCUT2D eigenvalue weighted by atomic mass is 9.84. The van der Waals surface area contributed by atoms with Gasteiger partial charge in [0.2, 0.25) is 0 Å². The SMILES string of the molecule is COC(=O)c1ccc(OCc2ccc(C3CCCCC3)cc2)cc1O. The van der Waals surface area contributed by atoms with Crippen molar-refractivity contribution < 1.29 is 19.4 Å². The van der Waals surface area contributed by atoms with Crippen molar-refractivity contribution in [3.8, 4) is 11.5 Å². The Bertz CT molecular complexity index is 715. The molecule has 3 rings (SSSR count). The van der Waals surface area contributed by atoms with E-state index in [1.807, 2.05) is 0 Å². The van der Waals surface area contributed by atoms with Crippen LogP contribution in [0, 0.1) is 0 Å². The molecule has 4 heteroatoms. The number of phenolic OH excluding ortho intramolecular Hbond substituents is 1. The van der Waals surface area contributed by atoms with E-state index >= 15 is 0 Å². The van der Waals surface area contributed by atoms with E-state index in [0.29, 0.717) is 18.3 Å². The summed E-state index contributed by atoms with van der Waals surface area (Å²) in [6, 6.07) is 13.2. The van der Waals surface area contributed by atoms with Gasteiger partial charge >= 0.3 is 5.97 Å². The fourth-order valence-corrected chi connectivity index (χ4v) is 3.37. The first-order chi connectivity index (χ1) is 12.2. The van der Waals surface area contributed by atoms with Crippen LogP contribution >= 0.6 is 0 Å². The van der Waals surface area contributed by atoms with E-state index in [0.717, 1.165) is 5.56 Å². The largest absolute Gasteiger partial charge is 0.507 e. The number of methoxy groups -OCH3 is 1. The number of hydrogen-bond acceptors (Lipinski definition) is 4. The Morgan fingerprint density at radius 1 is 1.08 bits per heavy atom. The highest BCUT2D eigenvalue weighted by atomic mass is 16.5. The van der Waals surface area contributed by atoms with E-state index in [-0.39, 0.29) is 11.3 Å². The van der Waals surface area contributed by atoms with Crippen molar-refractivity contribution in [3.63, 3.8) is 0 Å². The van der Waals surface area contributed by atoms with Crippen LogP contribution < -0.4 is 4.74 Å². The number of ether oxygens (including phenoxy) is 2. The van der Waals surface area contributed by atoms with Crippen molar-refractivity contribution in [1.29, 1.82) is 0 Å². The zero-order valence-corrected chi connectivity index (χ0v) is 14.5. The van der Waals surface area contributed by atoms with Gasteiger partial charge in [-0.2, -0.15) is 0 Å². The summed E-state index contributed by atoms with van der Waals surface area (Å²) in [6.45, 7) is 0.419. The number of carbonyl (C=O) groups is 1. The van der Waals surface area contributed by atoms with Gasteiger partial charge in [-0.05, 0) is 42.0 Å². The molecular formula is C21H24O4. The van der Waals surface area contributed by atoms with Gasteiger partial charge in [0, 0.05) is 6.07 Å². The summed E-state index contributed by atoms with van der Waals surface area (Å²) in [4.78, 5) is 11.5. The third-order valence-corrected chi connectivity index (χ3v) is 4.84. The van der Waals surface area contributed by atoms with Gasteiger partial charge in [-0.1, -0.05) is 43.5 Å². The van der Waals surface area contributed by atoms with Crippen molar-refractivity contribution in [2.24, 2.45) is 0 Å². The lowest BCUT2D eigenvalue weighted by molar-refractivity contribution is 0.0597. The lowest BCUT2D eigenvalue weighted by Gasteiger charge is -2.22. The molecule has 0 heterocycles. The highest BCUT2D eigenvalue weighted by Gasteiger charge is 2.15. The molecule has 25 heavy (non-hydrogen) atoms. The predicted molar refractivity (Wildman–Crippen MR) is 96.0 cm³/mol. The molecule has 4 nitrogen and oxygen atoms in total. The topological polar surface area (TPSA) is 55.8 Å². The maximum atomic E-state index is 11.5. The van der Waals surface area contributed by atoms with Crippen molar-refractivity contribution in [2.45, 2.75) is 44.6 Å². The van der Waals surface area contributed by atoms with Crippen LogP contribution in [-0.2, 0) is 11.3 Å². The third-order valence-electron chi connectivity index (χ3n) is 4.84. The summed E-state index contributed by atoms with van der Waals surface area (Å²) in [5.41, 5.74) is 2.63. The van der Waals surface area contributed by atoms with Gasteiger partial charge in [-0.15, -0.1) is 0 Å². The molecule has 0 atom stereocenters.